The van der Waals surface area contributed by atoms with Gasteiger partial charge in [-0.1, -0.05) is 86.6 Å². The molecule has 3 aromatic rings. The Labute approximate surface area is 271 Å². The molecular weight excluding hydrogens is 582 g/mol. The summed E-state index contributed by atoms with van der Waals surface area (Å²) in [5.41, 5.74) is 3.50. The van der Waals surface area contributed by atoms with Crippen LogP contribution < -0.4 is 0 Å². The number of rotatable bonds is 13. The molecule has 2 unspecified atom stereocenters. The number of nitro benzene ring substituents is 1. The zero-order valence-corrected chi connectivity index (χ0v) is 27.4. The predicted molar refractivity (Wildman–Crippen MR) is 179 cm³/mol. The summed E-state index contributed by atoms with van der Waals surface area (Å²) in [6, 6.07) is 27.0. The first-order chi connectivity index (χ1) is 21.9. The van der Waals surface area contributed by atoms with Gasteiger partial charge >= 0.3 is 11.9 Å². The largest absolute Gasteiger partial charge is 0.468 e. The fourth-order valence-corrected chi connectivity index (χ4v) is 6.37. The van der Waals surface area contributed by atoms with Crippen molar-refractivity contribution in [1.82, 2.24) is 4.90 Å². The van der Waals surface area contributed by atoms with Crippen LogP contribution in [0, 0.1) is 21.4 Å². The summed E-state index contributed by atoms with van der Waals surface area (Å²) in [5.74, 6) is -2.72. The van der Waals surface area contributed by atoms with Crippen LogP contribution in [0.1, 0.15) is 62.6 Å². The molecule has 0 N–H and O–H groups in total. The topological polar surface area (TPSA) is 111 Å². The number of carbonyl (C=O) groups is 2. The van der Waals surface area contributed by atoms with E-state index in [9.17, 15) is 19.7 Å². The third-order valence-electron chi connectivity index (χ3n) is 8.44. The Bertz CT molecular complexity index is 1560. The molecule has 242 valence electrons. The van der Waals surface area contributed by atoms with Crippen molar-refractivity contribution in [2.24, 2.45) is 16.3 Å². The standard InChI is InChI=1S/C37H43N3O6/c1-25-32(35(41)45-6)34(29-18-13-19-30(22-29)40(43)44)33(26(2)38-25)36(42)46-24-37(3,4)23-39(5)21-20-31(27-14-9-7-10-15-27)28-16-11-8-12-17-28/h7-19,22,31-32,34H,20-21,23-24H2,1-6H3. The van der Waals surface area contributed by atoms with Gasteiger partial charge in [0.15, 0.2) is 0 Å². The van der Waals surface area contributed by atoms with Gasteiger partial charge in [0.05, 0.1) is 24.2 Å². The maximum atomic E-state index is 13.8. The maximum absolute atomic E-state index is 13.8. The number of ether oxygens (including phenoxy) is 2. The third kappa shape index (κ3) is 8.34. The highest BCUT2D eigenvalue weighted by molar-refractivity contribution is 6.07. The molecule has 0 aromatic heterocycles. The number of esters is 2. The SMILES string of the molecule is COC(=O)C1C(C)=NC(C)=C(C(=O)OCC(C)(C)CN(C)CCC(c2ccccc2)c2ccccc2)C1c1cccc([N+](=O)[O-])c1. The van der Waals surface area contributed by atoms with Crippen LogP contribution in [0.15, 0.2) is 101 Å². The minimum absolute atomic E-state index is 0.126. The molecule has 4 rings (SSSR count). The van der Waals surface area contributed by atoms with E-state index in [4.69, 9.17) is 9.47 Å². The number of hydrogen-bond donors (Lipinski definition) is 0. The number of carbonyl (C=O) groups excluding carboxylic acids is 2. The smallest absolute Gasteiger partial charge is 0.336 e. The summed E-state index contributed by atoms with van der Waals surface area (Å²) >= 11 is 0. The van der Waals surface area contributed by atoms with E-state index in [1.54, 1.807) is 26.0 Å². The average Bonchev–Trinajstić information content (AvgIpc) is 3.04. The molecule has 0 bridgehead atoms. The van der Waals surface area contributed by atoms with Crippen molar-refractivity contribution in [1.29, 1.82) is 0 Å². The van der Waals surface area contributed by atoms with Gasteiger partial charge in [0.25, 0.3) is 5.69 Å². The van der Waals surface area contributed by atoms with E-state index >= 15 is 0 Å². The van der Waals surface area contributed by atoms with Gasteiger partial charge in [-0.2, -0.15) is 0 Å². The van der Waals surface area contributed by atoms with Crippen LogP contribution in [0.2, 0.25) is 0 Å². The molecule has 3 aromatic carbocycles. The van der Waals surface area contributed by atoms with Crippen LogP contribution in [-0.2, 0) is 19.1 Å². The summed E-state index contributed by atoms with van der Waals surface area (Å²) in [6.45, 7) is 9.10. The summed E-state index contributed by atoms with van der Waals surface area (Å²) in [5, 5.41) is 11.6. The van der Waals surface area contributed by atoms with Crippen LogP contribution in [0.3, 0.4) is 0 Å². The van der Waals surface area contributed by atoms with Crippen LogP contribution in [0.4, 0.5) is 5.69 Å². The first-order valence-corrected chi connectivity index (χ1v) is 15.5. The summed E-state index contributed by atoms with van der Waals surface area (Å²) < 4.78 is 11.0. The quantitative estimate of drug-likeness (QED) is 0.115. The molecule has 46 heavy (non-hydrogen) atoms. The van der Waals surface area contributed by atoms with Gasteiger partial charge in [-0.15, -0.1) is 0 Å². The van der Waals surface area contributed by atoms with E-state index < -0.39 is 34.1 Å². The van der Waals surface area contributed by atoms with Crippen molar-refractivity contribution in [3.05, 3.63) is 123 Å². The molecule has 1 heterocycles. The number of nitrogens with zero attached hydrogens (tertiary/aromatic N) is 3. The lowest BCUT2D eigenvalue weighted by molar-refractivity contribution is -0.384. The minimum Gasteiger partial charge on any atom is -0.468 e. The fraction of sp³-hybridized carbons (Fsp3) is 0.378. The summed E-state index contributed by atoms with van der Waals surface area (Å²) in [4.78, 5) is 44.6. The number of benzene rings is 3. The lowest BCUT2D eigenvalue weighted by Crippen LogP contribution is -2.38. The lowest BCUT2D eigenvalue weighted by atomic mass is 9.75. The molecule has 2 atom stereocenters. The zero-order chi connectivity index (χ0) is 33.4. The van der Waals surface area contributed by atoms with Crippen LogP contribution >= 0.6 is 0 Å². The highest BCUT2D eigenvalue weighted by Gasteiger charge is 2.43. The van der Waals surface area contributed by atoms with Gasteiger partial charge in [0, 0.05) is 47.3 Å². The molecule has 9 heteroatoms. The number of nitro groups is 1. The van der Waals surface area contributed by atoms with Gasteiger partial charge < -0.3 is 14.4 Å². The van der Waals surface area contributed by atoms with E-state index in [1.807, 2.05) is 26.0 Å². The molecule has 0 fully saturated rings. The summed E-state index contributed by atoms with van der Waals surface area (Å²) in [7, 11) is 3.34. The van der Waals surface area contributed by atoms with Gasteiger partial charge in [-0.3, -0.25) is 19.9 Å². The van der Waals surface area contributed by atoms with Crippen molar-refractivity contribution in [3.63, 3.8) is 0 Å². The monoisotopic (exact) mass is 625 g/mol. The Hall–Kier alpha value is -4.63. The lowest BCUT2D eigenvalue weighted by Gasteiger charge is -2.33. The maximum Gasteiger partial charge on any atom is 0.336 e. The number of aliphatic imine (C=N–C) groups is 1. The van der Waals surface area contributed by atoms with Crippen LogP contribution in [0.5, 0.6) is 0 Å². The minimum atomic E-state index is -0.931. The van der Waals surface area contributed by atoms with Gasteiger partial charge in [0.2, 0.25) is 0 Å². The van der Waals surface area contributed by atoms with Crippen molar-refractivity contribution >= 4 is 23.3 Å². The fourth-order valence-electron chi connectivity index (χ4n) is 6.37. The second-order valence-electron chi connectivity index (χ2n) is 12.7. The van der Waals surface area contributed by atoms with Crippen LogP contribution in [-0.4, -0.2) is 61.3 Å². The van der Waals surface area contributed by atoms with Gasteiger partial charge in [-0.25, -0.2) is 4.79 Å². The highest BCUT2D eigenvalue weighted by atomic mass is 16.6. The Balaban J connectivity index is 1.48. The molecule has 1 aliphatic rings. The Morgan fingerprint density at radius 3 is 2.15 bits per heavy atom. The molecule has 0 saturated heterocycles. The number of non-ortho nitro benzene ring substituents is 1. The second-order valence-corrected chi connectivity index (χ2v) is 12.7. The number of hydrogen-bond acceptors (Lipinski definition) is 8. The normalized spacial score (nSPS) is 16.7. The molecular formula is C37H43N3O6. The molecule has 0 aliphatic carbocycles. The first-order valence-electron chi connectivity index (χ1n) is 15.5. The molecule has 0 spiro atoms. The van der Waals surface area contributed by atoms with E-state index in [1.165, 1.54) is 30.4 Å². The number of methoxy groups -OCH3 is 1. The van der Waals surface area contributed by atoms with Gasteiger partial charge in [-0.05, 0) is 50.6 Å². The van der Waals surface area contributed by atoms with Crippen LogP contribution in [0.25, 0.3) is 0 Å². The molecule has 9 nitrogen and oxygen atoms in total. The molecule has 0 radical (unpaired) electrons. The van der Waals surface area contributed by atoms with Crippen molar-refractivity contribution in [2.45, 2.75) is 46.0 Å². The Kier molecular flexibility index (Phi) is 11.2. The number of allylic oxidation sites excluding steroid dienone is 1. The predicted octanol–water partition coefficient (Wildman–Crippen LogP) is 6.94. The van der Waals surface area contributed by atoms with E-state index in [-0.39, 0.29) is 23.8 Å². The highest BCUT2D eigenvalue weighted by Crippen LogP contribution is 2.41. The molecule has 1 aliphatic heterocycles. The van der Waals surface area contributed by atoms with E-state index in [0.717, 1.165) is 13.0 Å². The zero-order valence-electron chi connectivity index (χ0n) is 27.4. The van der Waals surface area contributed by atoms with Gasteiger partial charge in [0.1, 0.15) is 5.92 Å². The Morgan fingerprint density at radius 1 is 0.978 bits per heavy atom. The second kappa shape index (κ2) is 15.1. The summed E-state index contributed by atoms with van der Waals surface area (Å²) in [6.07, 6.45) is 0.920. The average molecular weight is 626 g/mol. The van der Waals surface area contributed by atoms with Crippen molar-refractivity contribution < 1.29 is 24.0 Å². The molecule has 0 saturated carbocycles. The van der Waals surface area contributed by atoms with E-state index in [2.05, 4.69) is 65.5 Å². The Morgan fingerprint density at radius 2 is 1.59 bits per heavy atom. The van der Waals surface area contributed by atoms with Crippen molar-refractivity contribution in [2.75, 3.05) is 33.9 Å². The molecule has 0 amide bonds. The van der Waals surface area contributed by atoms with E-state index in [0.29, 0.717) is 23.5 Å². The third-order valence-corrected chi connectivity index (χ3v) is 8.44. The van der Waals surface area contributed by atoms with Crippen molar-refractivity contribution in [3.8, 4) is 0 Å². The first kappa shape index (κ1) is 34.2.